The molecule has 2 aromatic heterocycles. The lowest BCUT2D eigenvalue weighted by molar-refractivity contribution is 0.0932. The predicted octanol–water partition coefficient (Wildman–Crippen LogP) is 5.72. The summed E-state index contributed by atoms with van der Waals surface area (Å²) in [5.41, 5.74) is 5.33. The number of aromatic nitrogens is 3. The molecular weight excluding hydrogens is 509 g/mol. The Kier molecular flexibility index (Phi) is 7.28. The average Bonchev–Trinajstić information content (AvgIpc) is 3.30. The van der Waals surface area contributed by atoms with E-state index in [0.717, 1.165) is 33.8 Å². The lowest BCUT2D eigenvalue weighted by atomic mass is 9.98. The van der Waals surface area contributed by atoms with Gasteiger partial charge < -0.3 is 15.4 Å². The number of nitrogens with zero attached hydrogens (tertiary/aromatic N) is 3. The van der Waals surface area contributed by atoms with Crippen LogP contribution in [0.1, 0.15) is 46.0 Å². The normalized spacial score (nSPS) is 14.8. The molecule has 0 radical (unpaired) electrons. The number of amides is 1. The maximum atomic E-state index is 13.5. The standard InChI is InChI=1S/C28H25Cl2N5O2/c1-17(24-5-3-4-12-32-24)33-28(36)26-22-16-31-15-19(13-18-6-9-21(37-2)10-7-18)27(22)35(34-26)25-11-8-20(29)14-23(25)30/h3-14,17,31H,15-16H2,1-2H3,(H,33,36)/b19-13+/t17-/m1/s1. The van der Waals surface area contributed by atoms with Crippen LogP contribution in [-0.4, -0.2) is 34.3 Å². The smallest absolute Gasteiger partial charge is 0.272 e. The fourth-order valence-corrected chi connectivity index (χ4v) is 4.84. The molecule has 9 heteroatoms. The molecule has 1 aliphatic heterocycles. The Morgan fingerprint density at radius 2 is 1.95 bits per heavy atom. The third kappa shape index (κ3) is 5.25. The molecule has 37 heavy (non-hydrogen) atoms. The third-order valence-corrected chi connectivity index (χ3v) is 6.73. The number of fused-ring (bicyclic) bond motifs is 1. The van der Waals surface area contributed by atoms with Crippen LogP contribution in [0.25, 0.3) is 17.3 Å². The van der Waals surface area contributed by atoms with Gasteiger partial charge in [0.25, 0.3) is 5.91 Å². The van der Waals surface area contributed by atoms with Crippen molar-refractivity contribution in [2.45, 2.75) is 19.5 Å². The van der Waals surface area contributed by atoms with Gasteiger partial charge in [-0.2, -0.15) is 5.10 Å². The van der Waals surface area contributed by atoms with Crippen molar-refractivity contribution < 1.29 is 9.53 Å². The first-order valence-corrected chi connectivity index (χ1v) is 12.5. The zero-order valence-corrected chi connectivity index (χ0v) is 21.8. The molecule has 188 valence electrons. The molecule has 0 saturated carbocycles. The second-order valence-corrected chi connectivity index (χ2v) is 9.52. The molecule has 0 fully saturated rings. The predicted molar refractivity (Wildman–Crippen MR) is 146 cm³/mol. The van der Waals surface area contributed by atoms with Crippen molar-refractivity contribution in [1.82, 2.24) is 25.4 Å². The van der Waals surface area contributed by atoms with Crippen molar-refractivity contribution in [2.24, 2.45) is 0 Å². The minimum atomic E-state index is -0.292. The maximum Gasteiger partial charge on any atom is 0.272 e. The molecule has 2 N–H and O–H groups in total. The van der Waals surface area contributed by atoms with Gasteiger partial charge in [0.2, 0.25) is 0 Å². The van der Waals surface area contributed by atoms with Gasteiger partial charge in [0.1, 0.15) is 5.75 Å². The van der Waals surface area contributed by atoms with Gasteiger partial charge in [-0.1, -0.05) is 41.4 Å². The van der Waals surface area contributed by atoms with E-state index in [2.05, 4.69) is 21.7 Å². The van der Waals surface area contributed by atoms with Crippen LogP contribution in [0.2, 0.25) is 10.0 Å². The summed E-state index contributed by atoms with van der Waals surface area (Å²) in [6.45, 7) is 2.98. The molecule has 3 heterocycles. The molecule has 1 atom stereocenters. The number of benzene rings is 2. The molecule has 0 spiro atoms. The molecule has 1 aliphatic rings. The van der Waals surface area contributed by atoms with E-state index in [-0.39, 0.29) is 11.9 Å². The summed E-state index contributed by atoms with van der Waals surface area (Å²) >= 11 is 12.8. The zero-order chi connectivity index (χ0) is 25.9. The van der Waals surface area contributed by atoms with Gasteiger partial charge in [0.15, 0.2) is 5.69 Å². The lowest BCUT2D eigenvalue weighted by Gasteiger charge is -2.20. The van der Waals surface area contributed by atoms with E-state index in [0.29, 0.717) is 34.5 Å². The van der Waals surface area contributed by atoms with E-state index in [1.54, 1.807) is 30.1 Å². The molecule has 0 aliphatic carbocycles. The highest BCUT2D eigenvalue weighted by molar-refractivity contribution is 6.35. The van der Waals surface area contributed by atoms with Crippen molar-refractivity contribution in [1.29, 1.82) is 0 Å². The topological polar surface area (TPSA) is 81.1 Å². The Hall–Kier alpha value is -3.65. The summed E-state index contributed by atoms with van der Waals surface area (Å²) in [5.74, 6) is 0.495. The number of nitrogens with one attached hydrogen (secondary N) is 2. The van der Waals surface area contributed by atoms with Crippen LogP contribution in [0.4, 0.5) is 0 Å². The van der Waals surface area contributed by atoms with Crippen LogP contribution in [0.5, 0.6) is 5.75 Å². The van der Waals surface area contributed by atoms with Crippen molar-refractivity contribution in [3.05, 3.63) is 105 Å². The van der Waals surface area contributed by atoms with Crippen molar-refractivity contribution >= 4 is 40.8 Å². The summed E-state index contributed by atoms with van der Waals surface area (Å²) in [6, 6.07) is 18.3. The van der Waals surface area contributed by atoms with Crippen LogP contribution in [-0.2, 0) is 6.54 Å². The zero-order valence-electron chi connectivity index (χ0n) is 20.3. The first-order valence-electron chi connectivity index (χ1n) is 11.8. The lowest BCUT2D eigenvalue weighted by Crippen LogP contribution is -2.30. The monoisotopic (exact) mass is 533 g/mol. The number of hydrogen-bond donors (Lipinski definition) is 2. The number of methoxy groups -OCH3 is 1. The van der Waals surface area contributed by atoms with Gasteiger partial charge in [-0.05, 0) is 66.6 Å². The number of carbonyl (C=O) groups is 1. The minimum Gasteiger partial charge on any atom is -0.497 e. The van der Waals surface area contributed by atoms with Gasteiger partial charge in [-0.25, -0.2) is 4.68 Å². The summed E-state index contributed by atoms with van der Waals surface area (Å²) < 4.78 is 7.03. The van der Waals surface area contributed by atoms with E-state index in [1.807, 2.05) is 55.5 Å². The summed E-state index contributed by atoms with van der Waals surface area (Å²) in [6.07, 6.45) is 3.78. The number of halogens is 2. The summed E-state index contributed by atoms with van der Waals surface area (Å²) in [5, 5.41) is 12.2. The Bertz CT molecular complexity index is 1470. The highest BCUT2D eigenvalue weighted by Crippen LogP contribution is 2.33. The van der Waals surface area contributed by atoms with E-state index >= 15 is 0 Å². The van der Waals surface area contributed by atoms with Gasteiger partial charge in [-0.15, -0.1) is 0 Å². The summed E-state index contributed by atoms with van der Waals surface area (Å²) in [4.78, 5) is 17.8. The SMILES string of the molecule is COc1ccc(/C=C2\CNCc3c(C(=O)N[C@H](C)c4ccccn4)nn(-c4ccc(Cl)cc4Cl)c32)cc1. The van der Waals surface area contributed by atoms with E-state index < -0.39 is 0 Å². The highest BCUT2D eigenvalue weighted by Gasteiger charge is 2.29. The first-order chi connectivity index (χ1) is 17.9. The van der Waals surface area contributed by atoms with E-state index in [1.165, 1.54) is 0 Å². The second-order valence-electron chi connectivity index (χ2n) is 8.68. The van der Waals surface area contributed by atoms with Crippen LogP contribution in [0, 0.1) is 0 Å². The van der Waals surface area contributed by atoms with Crippen molar-refractivity contribution in [2.75, 3.05) is 13.7 Å². The van der Waals surface area contributed by atoms with Crippen LogP contribution in [0.3, 0.4) is 0 Å². The molecule has 0 saturated heterocycles. The first kappa shape index (κ1) is 25.0. The molecule has 5 rings (SSSR count). The van der Waals surface area contributed by atoms with Crippen molar-refractivity contribution in [3.63, 3.8) is 0 Å². The van der Waals surface area contributed by atoms with Gasteiger partial charge >= 0.3 is 0 Å². The molecule has 7 nitrogen and oxygen atoms in total. The highest BCUT2D eigenvalue weighted by atomic mass is 35.5. The number of rotatable bonds is 6. The maximum absolute atomic E-state index is 13.5. The minimum absolute atomic E-state index is 0.286. The average molecular weight is 534 g/mol. The van der Waals surface area contributed by atoms with E-state index in [4.69, 9.17) is 33.0 Å². The van der Waals surface area contributed by atoms with Crippen LogP contribution in [0.15, 0.2) is 66.9 Å². The van der Waals surface area contributed by atoms with Gasteiger partial charge in [-0.3, -0.25) is 9.78 Å². The molecule has 0 unspecified atom stereocenters. The largest absolute Gasteiger partial charge is 0.497 e. The number of ether oxygens (including phenoxy) is 1. The Balaban J connectivity index is 1.60. The number of carbonyl (C=O) groups excluding carboxylic acids is 1. The molecule has 0 bridgehead atoms. The number of hydrogen-bond acceptors (Lipinski definition) is 5. The van der Waals surface area contributed by atoms with Crippen molar-refractivity contribution in [3.8, 4) is 11.4 Å². The van der Waals surface area contributed by atoms with E-state index in [9.17, 15) is 4.79 Å². The quantitative estimate of drug-likeness (QED) is 0.331. The number of pyridine rings is 1. The van der Waals surface area contributed by atoms with Crippen LogP contribution < -0.4 is 15.4 Å². The fourth-order valence-electron chi connectivity index (χ4n) is 4.36. The third-order valence-electron chi connectivity index (χ3n) is 6.19. The van der Waals surface area contributed by atoms with Gasteiger partial charge in [0.05, 0.1) is 35.2 Å². The molecule has 2 aromatic carbocycles. The Labute approximate surface area is 225 Å². The Morgan fingerprint density at radius 3 is 2.65 bits per heavy atom. The second kappa shape index (κ2) is 10.8. The fraction of sp³-hybridized carbons (Fsp3) is 0.179. The Morgan fingerprint density at radius 1 is 1.14 bits per heavy atom. The molecule has 1 amide bonds. The van der Waals surface area contributed by atoms with Gasteiger partial charge in [0, 0.05) is 29.9 Å². The molecular formula is C28H25Cl2N5O2. The summed E-state index contributed by atoms with van der Waals surface area (Å²) in [7, 11) is 1.64. The molecule has 4 aromatic rings. The van der Waals surface area contributed by atoms with Crippen LogP contribution >= 0.6 is 23.2 Å².